The molecule has 0 spiro atoms. The largest absolute Gasteiger partial charge is 0.490 e. The summed E-state index contributed by atoms with van der Waals surface area (Å²) in [6.45, 7) is 1.56. The second-order valence-corrected chi connectivity index (χ2v) is 6.49. The van der Waals surface area contributed by atoms with Crippen molar-refractivity contribution < 1.29 is 18.6 Å². The first-order valence-electron chi connectivity index (χ1n) is 7.21. The second-order valence-electron chi connectivity index (χ2n) is 4.82. The van der Waals surface area contributed by atoms with Crippen molar-refractivity contribution in [3.63, 3.8) is 0 Å². The van der Waals surface area contributed by atoms with Crippen LogP contribution in [0.25, 0.3) is 11.3 Å². The smallest absolute Gasteiger partial charge is 0.184 e. The third-order valence-corrected chi connectivity index (χ3v) is 4.38. The van der Waals surface area contributed by atoms with Gasteiger partial charge in [-0.2, -0.15) is 0 Å². The molecule has 1 heterocycles. The summed E-state index contributed by atoms with van der Waals surface area (Å²) >= 11 is 7.39. The Labute approximate surface area is 144 Å². The predicted molar refractivity (Wildman–Crippen MR) is 90.1 cm³/mol. The Morgan fingerprint density at radius 2 is 1.96 bits per heavy atom. The molecule has 0 unspecified atom stereocenters. The lowest BCUT2D eigenvalue weighted by Crippen LogP contribution is -2.02. The number of aromatic nitrogens is 1. The highest BCUT2D eigenvalue weighted by Crippen LogP contribution is 2.33. The topological polar surface area (TPSA) is 40.6 Å². The maximum Gasteiger partial charge on any atom is 0.184 e. The highest BCUT2D eigenvalue weighted by molar-refractivity contribution is 7.16. The summed E-state index contributed by atoms with van der Waals surface area (Å²) in [6.07, 6.45) is 1.40. The first kappa shape index (κ1) is 18.1. The summed E-state index contributed by atoms with van der Waals surface area (Å²) in [7, 11) is 3.26. The number of hydrogen-bond donors (Lipinski definition) is 0. The van der Waals surface area contributed by atoms with Crippen LogP contribution in [-0.4, -0.2) is 39.0 Å². The van der Waals surface area contributed by atoms with Crippen molar-refractivity contribution >= 4 is 22.9 Å². The fraction of sp³-hybridized carbons (Fsp3) is 0.438. The molecule has 0 saturated carbocycles. The van der Waals surface area contributed by atoms with E-state index in [1.54, 1.807) is 26.4 Å². The zero-order valence-electron chi connectivity index (χ0n) is 13.1. The SMILES string of the molecule is COCCCOc1ccc(-c2nc(Cl)sc2CCOC)cc1F. The van der Waals surface area contributed by atoms with E-state index in [1.807, 2.05) is 0 Å². The summed E-state index contributed by atoms with van der Waals surface area (Å²) in [6, 6.07) is 4.83. The molecule has 7 heteroatoms. The van der Waals surface area contributed by atoms with Crippen molar-refractivity contribution in [2.75, 3.05) is 34.0 Å². The minimum atomic E-state index is -0.415. The Morgan fingerprint density at radius 1 is 1.17 bits per heavy atom. The number of hydrogen-bond acceptors (Lipinski definition) is 5. The van der Waals surface area contributed by atoms with Crippen LogP contribution in [0, 0.1) is 5.82 Å². The normalized spacial score (nSPS) is 11.0. The van der Waals surface area contributed by atoms with Gasteiger partial charge in [0.05, 0.1) is 18.9 Å². The van der Waals surface area contributed by atoms with Gasteiger partial charge in [-0.15, -0.1) is 11.3 Å². The van der Waals surface area contributed by atoms with Crippen LogP contribution in [-0.2, 0) is 15.9 Å². The molecular weight excluding hydrogens is 341 g/mol. The van der Waals surface area contributed by atoms with E-state index in [0.717, 1.165) is 4.88 Å². The van der Waals surface area contributed by atoms with Crippen LogP contribution in [0.5, 0.6) is 5.75 Å². The van der Waals surface area contributed by atoms with Gasteiger partial charge in [0.25, 0.3) is 0 Å². The van der Waals surface area contributed by atoms with Crippen LogP contribution >= 0.6 is 22.9 Å². The lowest BCUT2D eigenvalue weighted by atomic mass is 10.1. The van der Waals surface area contributed by atoms with E-state index >= 15 is 0 Å². The van der Waals surface area contributed by atoms with Crippen LogP contribution < -0.4 is 4.74 Å². The van der Waals surface area contributed by atoms with E-state index in [1.165, 1.54) is 17.4 Å². The standard InChI is InChI=1S/C16H19ClFNO3S/c1-20-7-3-8-22-13-5-4-11(10-12(13)18)15-14(6-9-21-2)23-16(17)19-15/h4-5,10H,3,6-9H2,1-2H3. The lowest BCUT2D eigenvalue weighted by molar-refractivity contribution is 0.170. The molecule has 0 aliphatic carbocycles. The monoisotopic (exact) mass is 359 g/mol. The van der Waals surface area contributed by atoms with Gasteiger partial charge in [-0.1, -0.05) is 11.6 Å². The van der Waals surface area contributed by atoms with Crippen molar-refractivity contribution in [1.29, 1.82) is 0 Å². The van der Waals surface area contributed by atoms with Gasteiger partial charge in [-0.05, 0) is 18.2 Å². The minimum absolute atomic E-state index is 0.227. The zero-order chi connectivity index (χ0) is 16.7. The van der Waals surface area contributed by atoms with E-state index in [0.29, 0.717) is 48.4 Å². The zero-order valence-corrected chi connectivity index (χ0v) is 14.7. The molecule has 1 aromatic heterocycles. The Morgan fingerprint density at radius 3 is 2.65 bits per heavy atom. The van der Waals surface area contributed by atoms with Crippen molar-refractivity contribution in [3.05, 3.63) is 33.4 Å². The Bertz CT molecular complexity index is 636. The summed E-state index contributed by atoms with van der Waals surface area (Å²) in [4.78, 5) is 5.27. The van der Waals surface area contributed by atoms with Crippen molar-refractivity contribution in [3.8, 4) is 17.0 Å². The molecule has 0 radical (unpaired) electrons. The molecule has 0 aliphatic rings. The van der Waals surface area contributed by atoms with E-state index in [-0.39, 0.29) is 5.75 Å². The number of methoxy groups -OCH3 is 2. The lowest BCUT2D eigenvalue weighted by Gasteiger charge is -2.08. The highest BCUT2D eigenvalue weighted by atomic mass is 35.5. The average Bonchev–Trinajstić information content (AvgIpc) is 2.91. The molecule has 0 aliphatic heterocycles. The predicted octanol–water partition coefficient (Wildman–Crippen LogP) is 4.21. The Kier molecular flexibility index (Phi) is 7.23. The molecule has 2 aromatic rings. The summed E-state index contributed by atoms with van der Waals surface area (Å²) < 4.78 is 30.1. The number of halogens is 2. The third-order valence-electron chi connectivity index (χ3n) is 3.16. The molecule has 0 amide bonds. The Balaban J connectivity index is 2.13. The van der Waals surface area contributed by atoms with Crippen LogP contribution in [0.2, 0.25) is 4.47 Å². The quantitative estimate of drug-likeness (QED) is 0.629. The highest BCUT2D eigenvalue weighted by Gasteiger charge is 2.14. The van der Waals surface area contributed by atoms with Gasteiger partial charge in [0.15, 0.2) is 16.0 Å². The molecule has 23 heavy (non-hydrogen) atoms. The van der Waals surface area contributed by atoms with Gasteiger partial charge >= 0.3 is 0 Å². The molecule has 0 saturated heterocycles. The van der Waals surface area contributed by atoms with Crippen molar-refractivity contribution in [2.45, 2.75) is 12.8 Å². The first-order chi connectivity index (χ1) is 11.2. The van der Waals surface area contributed by atoms with Gasteiger partial charge in [0.2, 0.25) is 0 Å². The average molecular weight is 360 g/mol. The molecule has 0 fully saturated rings. The number of benzene rings is 1. The van der Waals surface area contributed by atoms with Crippen molar-refractivity contribution in [2.24, 2.45) is 0 Å². The van der Waals surface area contributed by atoms with Crippen LogP contribution in [0.15, 0.2) is 18.2 Å². The summed E-state index contributed by atoms with van der Waals surface area (Å²) in [5.41, 5.74) is 1.38. The van der Waals surface area contributed by atoms with Crippen molar-refractivity contribution in [1.82, 2.24) is 4.98 Å². The van der Waals surface area contributed by atoms with Gasteiger partial charge in [0, 0.05) is 44.1 Å². The van der Waals surface area contributed by atoms with Crippen LogP contribution in [0.4, 0.5) is 4.39 Å². The molecule has 126 valence electrons. The van der Waals surface area contributed by atoms with E-state index in [4.69, 9.17) is 25.8 Å². The fourth-order valence-corrected chi connectivity index (χ4v) is 3.21. The van der Waals surface area contributed by atoms with Gasteiger partial charge in [0.1, 0.15) is 0 Å². The van der Waals surface area contributed by atoms with Crippen LogP contribution in [0.1, 0.15) is 11.3 Å². The molecule has 2 rings (SSSR count). The fourth-order valence-electron chi connectivity index (χ4n) is 2.06. The van der Waals surface area contributed by atoms with E-state index in [9.17, 15) is 4.39 Å². The molecule has 4 nitrogen and oxygen atoms in total. The summed E-state index contributed by atoms with van der Waals surface area (Å²) in [5.74, 6) is -0.189. The summed E-state index contributed by atoms with van der Waals surface area (Å²) in [5, 5.41) is 0. The number of thiazole rings is 1. The molecule has 1 aromatic carbocycles. The Hall–Kier alpha value is -1.21. The minimum Gasteiger partial charge on any atom is -0.490 e. The molecule has 0 bridgehead atoms. The maximum absolute atomic E-state index is 14.2. The number of nitrogens with zero attached hydrogens (tertiary/aromatic N) is 1. The number of ether oxygens (including phenoxy) is 3. The van der Waals surface area contributed by atoms with Gasteiger partial charge < -0.3 is 14.2 Å². The van der Waals surface area contributed by atoms with Gasteiger partial charge in [-0.25, -0.2) is 9.37 Å². The molecular formula is C16H19ClFNO3S. The van der Waals surface area contributed by atoms with Crippen LogP contribution in [0.3, 0.4) is 0 Å². The first-order valence-corrected chi connectivity index (χ1v) is 8.41. The maximum atomic E-state index is 14.2. The third kappa shape index (κ3) is 5.14. The van der Waals surface area contributed by atoms with E-state index in [2.05, 4.69) is 4.98 Å². The number of rotatable bonds is 9. The second kappa shape index (κ2) is 9.17. The van der Waals surface area contributed by atoms with Gasteiger partial charge in [-0.3, -0.25) is 0 Å². The molecule has 0 N–H and O–H groups in total. The molecule has 0 atom stereocenters. The van der Waals surface area contributed by atoms with E-state index < -0.39 is 5.82 Å².